The number of rotatable bonds is 7. The molecule has 6 atom stereocenters. The summed E-state index contributed by atoms with van der Waals surface area (Å²) in [6.45, 7) is 4.38. The van der Waals surface area contributed by atoms with Crippen LogP contribution in [0.2, 0.25) is 0 Å². The summed E-state index contributed by atoms with van der Waals surface area (Å²) in [5, 5.41) is 11.7. The Bertz CT molecular complexity index is 2370. The van der Waals surface area contributed by atoms with Gasteiger partial charge >= 0.3 is 0 Å². The molecule has 10 nitrogen and oxygen atoms in total. The van der Waals surface area contributed by atoms with E-state index in [0.29, 0.717) is 42.7 Å². The minimum Gasteiger partial charge on any atom is -0.508 e. The third-order valence-electron chi connectivity index (χ3n) is 13.7. The molecule has 4 aromatic rings. The molecule has 2 N–H and O–H groups in total. The lowest BCUT2D eigenvalue weighted by Crippen LogP contribution is -2.55. The van der Waals surface area contributed by atoms with Gasteiger partial charge in [0.2, 0.25) is 11.8 Å². The highest BCUT2D eigenvalue weighted by molar-refractivity contribution is 6.13. The fourth-order valence-corrected chi connectivity index (χ4v) is 11.1. The largest absolute Gasteiger partial charge is 0.508 e. The predicted molar refractivity (Wildman–Crippen MR) is 217 cm³/mol. The van der Waals surface area contributed by atoms with Gasteiger partial charge in [0.25, 0.3) is 11.8 Å². The number of aromatic hydroxyl groups is 1. The molecule has 58 heavy (non-hydrogen) atoms. The van der Waals surface area contributed by atoms with E-state index in [9.17, 15) is 14.7 Å². The number of hydrogen-bond donors (Lipinski definition) is 2. The summed E-state index contributed by atoms with van der Waals surface area (Å²) >= 11 is 0. The van der Waals surface area contributed by atoms with Gasteiger partial charge in [-0.05, 0) is 85.6 Å². The maximum Gasteiger partial charge on any atom is 0.260 e. The highest BCUT2D eigenvalue weighted by Crippen LogP contribution is 2.63. The molecule has 4 amide bonds. The molecule has 294 valence electrons. The Morgan fingerprint density at radius 1 is 0.828 bits per heavy atom. The highest BCUT2D eigenvalue weighted by atomic mass is 16.5. The van der Waals surface area contributed by atoms with Gasteiger partial charge in [0.1, 0.15) is 11.5 Å². The number of benzene rings is 4. The maximum atomic E-state index is 15.5. The van der Waals surface area contributed by atoms with Crippen molar-refractivity contribution in [2.24, 2.45) is 29.6 Å². The number of fused-ring (bicyclic) bond motifs is 5. The van der Waals surface area contributed by atoms with Gasteiger partial charge in [-0.3, -0.25) is 34.4 Å². The molecule has 3 saturated heterocycles. The Morgan fingerprint density at radius 2 is 1.55 bits per heavy atom. The maximum absolute atomic E-state index is 15.5. The number of anilines is 1. The fourth-order valence-electron chi connectivity index (χ4n) is 11.1. The number of allylic oxidation sites excluding steroid dienone is 3. The van der Waals surface area contributed by atoms with Gasteiger partial charge in [-0.2, -0.15) is 5.01 Å². The van der Waals surface area contributed by atoms with E-state index >= 15 is 9.59 Å². The second-order valence-electron chi connectivity index (χ2n) is 16.9. The molecule has 6 aliphatic rings. The van der Waals surface area contributed by atoms with E-state index in [0.717, 1.165) is 41.9 Å². The van der Waals surface area contributed by atoms with Gasteiger partial charge in [0.15, 0.2) is 0 Å². The van der Waals surface area contributed by atoms with Crippen molar-refractivity contribution in [2.75, 3.05) is 18.5 Å². The summed E-state index contributed by atoms with van der Waals surface area (Å²) in [7, 11) is 0. The van der Waals surface area contributed by atoms with E-state index < -0.39 is 35.0 Å². The summed E-state index contributed by atoms with van der Waals surface area (Å²) < 4.78 is 6.26. The van der Waals surface area contributed by atoms with E-state index in [1.807, 2.05) is 79.7 Å². The first kappa shape index (κ1) is 36.3. The van der Waals surface area contributed by atoms with E-state index in [2.05, 4.69) is 28.5 Å². The average Bonchev–Trinajstić information content (AvgIpc) is 3.62. The fraction of sp³-hybridized carbons (Fsp3) is 0.333. The van der Waals surface area contributed by atoms with Crippen LogP contribution in [0.15, 0.2) is 127 Å². The molecule has 2 aliphatic carbocycles. The van der Waals surface area contributed by atoms with Crippen molar-refractivity contribution in [3.8, 4) is 11.5 Å². The summed E-state index contributed by atoms with van der Waals surface area (Å²) in [6, 6.07) is 32.2. The molecule has 0 bridgehead atoms. The van der Waals surface area contributed by atoms with Gasteiger partial charge in [0, 0.05) is 43.6 Å². The second-order valence-corrected chi connectivity index (χ2v) is 16.9. The van der Waals surface area contributed by atoms with Crippen molar-refractivity contribution in [2.45, 2.75) is 57.0 Å². The molecule has 10 heteroatoms. The first-order valence-corrected chi connectivity index (χ1v) is 20.5. The van der Waals surface area contributed by atoms with Crippen LogP contribution in [0, 0.1) is 36.5 Å². The predicted octanol–water partition coefficient (Wildman–Crippen LogP) is 6.70. The zero-order chi connectivity index (χ0) is 39.7. The molecule has 0 spiro atoms. The molecule has 4 aromatic carbocycles. The van der Waals surface area contributed by atoms with E-state index in [-0.39, 0.29) is 41.8 Å². The summed E-state index contributed by atoms with van der Waals surface area (Å²) in [5.74, 6) is -3.46. The van der Waals surface area contributed by atoms with E-state index in [1.54, 1.807) is 29.4 Å². The van der Waals surface area contributed by atoms with Crippen LogP contribution in [0.5, 0.6) is 11.5 Å². The zero-order valence-corrected chi connectivity index (χ0v) is 32.4. The lowest BCUT2D eigenvalue weighted by Gasteiger charge is -2.51. The topological polar surface area (TPSA) is 119 Å². The number of nitrogens with zero attached hydrogens (tertiary/aromatic N) is 3. The van der Waals surface area contributed by atoms with Crippen LogP contribution in [0.1, 0.15) is 47.9 Å². The number of carbonyl (C=O) groups excluding carboxylic acids is 4. The van der Waals surface area contributed by atoms with E-state index in [1.165, 1.54) is 10.6 Å². The van der Waals surface area contributed by atoms with Crippen molar-refractivity contribution in [3.63, 3.8) is 0 Å². The van der Waals surface area contributed by atoms with E-state index in [4.69, 9.17) is 4.74 Å². The zero-order valence-electron chi connectivity index (χ0n) is 32.4. The van der Waals surface area contributed by atoms with Gasteiger partial charge in [-0.25, -0.2) is 0 Å². The number of hydrogen-bond acceptors (Lipinski definition) is 8. The minimum absolute atomic E-state index is 0.0992. The monoisotopic (exact) mass is 774 g/mol. The number of phenolic OH excluding ortho intramolecular Hbond substituents is 1. The standard InChI is InChI=1S/C48H46N4O6/c1-29-12-14-34(15-13-29)49-52-45(55)40-26-39-37(17-18-38-42(39)46(56)51(44(38)54)35-20-22-50(23-21-35)27-30-8-4-2-5-9-30)43(48(40,47(52)57)33-10-6-3-7-11-33)32-24-31-25-36(53)16-19-41(31)58-28-32/h2-17,19,25,28,35,38-40,42-43,49,53H,18,20-24,26-27H2,1H3/t38-,39+,40-,42-,43-,48+/m0/s1. The van der Waals surface area contributed by atoms with Crippen molar-refractivity contribution >= 4 is 29.3 Å². The number of carbonyl (C=O) groups is 4. The van der Waals surface area contributed by atoms with Gasteiger partial charge in [0.05, 0.1) is 35.1 Å². The second kappa shape index (κ2) is 14.1. The molecule has 4 fully saturated rings. The molecule has 0 radical (unpaired) electrons. The number of likely N-dealkylation sites (tertiary alicyclic amines) is 2. The number of amides is 4. The SMILES string of the molecule is Cc1ccc(NN2C(=O)[C@@H]3C[C@@H]4C(=CC[C@@H]5C(=O)N(C6CCN(Cc7ccccc7)CC6)C(=O)[C@@H]54)[C@H](C4=COc5ccc(O)cc5C4)[C@]3(c3ccccc3)C2=O)cc1. The normalized spacial score (nSPS) is 28.3. The van der Waals surface area contributed by atoms with Gasteiger partial charge in [-0.15, -0.1) is 0 Å². The third kappa shape index (κ3) is 5.71. The number of phenols is 1. The first-order chi connectivity index (χ1) is 28.2. The Balaban J connectivity index is 1.04. The Labute approximate surface area is 337 Å². The first-order valence-electron chi connectivity index (χ1n) is 20.5. The van der Waals surface area contributed by atoms with Crippen LogP contribution < -0.4 is 10.2 Å². The molecular formula is C48H46N4O6. The number of imide groups is 2. The molecule has 1 saturated carbocycles. The Hall–Kier alpha value is -6.00. The Kier molecular flexibility index (Phi) is 8.85. The number of ether oxygens (including phenoxy) is 1. The quantitative estimate of drug-likeness (QED) is 0.157. The van der Waals surface area contributed by atoms with Crippen LogP contribution in [0.25, 0.3) is 0 Å². The summed E-state index contributed by atoms with van der Waals surface area (Å²) in [6.07, 6.45) is 6.19. The van der Waals surface area contributed by atoms with Crippen molar-refractivity contribution in [3.05, 3.63) is 149 Å². The summed E-state index contributed by atoms with van der Waals surface area (Å²) in [5.41, 5.74) is 7.83. The number of piperidine rings is 1. The Morgan fingerprint density at radius 3 is 2.29 bits per heavy atom. The molecule has 4 heterocycles. The molecule has 0 aromatic heterocycles. The van der Waals surface area contributed by atoms with Gasteiger partial charge in [-0.1, -0.05) is 90.0 Å². The lowest BCUT2D eigenvalue weighted by molar-refractivity contribution is -0.144. The van der Waals surface area contributed by atoms with Crippen LogP contribution in [-0.2, 0) is 37.6 Å². The molecule has 0 unspecified atom stereocenters. The lowest BCUT2D eigenvalue weighted by atomic mass is 9.48. The number of aryl methyl sites for hydroxylation is 1. The van der Waals surface area contributed by atoms with Gasteiger partial charge < -0.3 is 9.84 Å². The molecule has 4 aliphatic heterocycles. The number of nitrogens with one attached hydrogen (secondary N) is 1. The summed E-state index contributed by atoms with van der Waals surface area (Å²) in [4.78, 5) is 63.8. The molecule has 10 rings (SSSR count). The minimum atomic E-state index is -1.38. The molecular weight excluding hydrogens is 729 g/mol. The van der Waals surface area contributed by atoms with Crippen molar-refractivity contribution in [1.82, 2.24) is 14.8 Å². The average molecular weight is 775 g/mol. The van der Waals surface area contributed by atoms with Crippen LogP contribution in [0.4, 0.5) is 5.69 Å². The van der Waals surface area contributed by atoms with Crippen LogP contribution in [-0.4, -0.2) is 62.7 Å². The number of hydrazine groups is 1. The van der Waals surface area contributed by atoms with Crippen molar-refractivity contribution < 1.29 is 29.0 Å². The van der Waals surface area contributed by atoms with Crippen LogP contribution in [0.3, 0.4) is 0 Å². The third-order valence-corrected chi connectivity index (χ3v) is 13.7. The van der Waals surface area contributed by atoms with Crippen LogP contribution >= 0.6 is 0 Å². The highest BCUT2D eigenvalue weighted by Gasteiger charge is 2.71. The smallest absolute Gasteiger partial charge is 0.260 e. The van der Waals surface area contributed by atoms with Crippen molar-refractivity contribution in [1.29, 1.82) is 0 Å².